The molecule has 1 fully saturated rings. The molecule has 2 N–H and O–H groups in total. The molecule has 1 saturated heterocycles. The highest BCUT2D eigenvalue weighted by molar-refractivity contribution is 7.13. The van der Waals surface area contributed by atoms with E-state index in [0.717, 1.165) is 43.3 Å². The zero-order valence-corrected chi connectivity index (χ0v) is 12.3. The van der Waals surface area contributed by atoms with E-state index in [0.29, 0.717) is 11.0 Å². The Kier molecular flexibility index (Phi) is 3.84. The minimum atomic E-state index is 0.577. The lowest BCUT2D eigenvalue weighted by atomic mass is 10.1. The second-order valence-corrected chi connectivity index (χ2v) is 5.90. The van der Waals surface area contributed by atoms with Gasteiger partial charge in [0.05, 0.1) is 12.3 Å². The number of methoxy groups -OCH3 is 1. The predicted octanol–water partition coefficient (Wildman–Crippen LogP) is 2.26. The van der Waals surface area contributed by atoms with Gasteiger partial charge in [0.15, 0.2) is 5.13 Å². The molecular formula is C14H18N4OS. The number of nitrogen functional groups attached to an aromatic ring is 1. The van der Waals surface area contributed by atoms with Crippen molar-refractivity contribution in [2.75, 3.05) is 37.4 Å². The van der Waals surface area contributed by atoms with Gasteiger partial charge in [-0.15, -0.1) is 11.3 Å². The monoisotopic (exact) mass is 290 g/mol. The third-order valence-electron chi connectivity index (χ3n) is 3.53. The van der Waals surface area contributed by atoms with Gasteiger partial charge in [-0.3, -0.25) is 0 Å². The van der Waals surface area contributed by atoms with Crippen LogP contribution in [0.15, 0.2) is 23.6 Å². The first-order valence-electron chi connectivity index (χ1n) is 6.68. The number of rotatable bonds is 4. The lowest BCUT2D eigenvalue weighted by molar-refractivity contribution is 0.161. The summed E-state index contributed by atoms with van der Waals surface area (Å²) in [5.41, 5.74) is 7.41. The van der Waals surface area contributed by atoms with Crippen molar-refractivity contribution in [2.45, 2.75) is 6.42 Å². The highest BCUT2D eigenvalue weighted by Crippen LogP contribution is 2.26. The van der Waals surface area contributed by atoms with Crippen molar-refractivity contribution in [3.63, 3.8) is 0 Å². The van der Waals surface area contributed by atoms with Crippen LogP contribution in [-0.4, -0.2) is 36.8 Å². The summed E-state index contributed by atoms with van der Waals surface area (Å²) >= 11 is 1.44. The van der Waals surface area contributed by atoms with E-state index in [1.807, 2.05) is 17.5 Å². The number of aromatic nitrogens is 2. The Balaban J connectivity index is 1.78. The molecule has 0 aromatic carbocycles. The molecule has 20 heavy (non-hydrogen) atoms. The van der Waals surface area contributed by atoms with Crippen molar-refractivity contribution >= 4 is 22.3 Å². The topological polar surface area (TPSA) is 64.3 Å². The number of ether oxygens (including phenoxy) is 1. The molecule has 3 heterocycles. The fourth-order valence-electron chi connectivity index (χ4n) is 2.56. The summed E-state index contributed by atoms with van der Waals surface area (Å²) in [6.45, 7) is 2.85. The molecule has 0 bridgehead atoms. The normalized spacial score (nSPS) is 18.6. The van der Waals surface area contributed by atoms with Crippen molar-refractivity contribution in [1.29, 1.82) is 0 Å². The van der Waals surface area contributed by atoms with Crippen molar-refractivity contribution < 1.29 is 4.74 Å². The second kappa shape index (κ2) is 5.76. The summed E-state index contributed by atoms with van der Waals surface area (Å²) in [4.78, 5) is 11.3. The van der Waals surface area contributed by atoms with Crippen molar-refractivity contribution in [1.82, 2.24) is 9.97 Å². The van der Waals surface area contributed by atoms with Gasteiger partial charge in [0.1, 0.15) is 11.5 Å². The average Bonchev–Trinajstić information content (AvgIpc) is 3.09. The molecule has 0 unspecified atom stereocenters. The molecule has 3 rings (SSSR count). The largest absolute Gasteiger partial charge is 0.384 e. The number of pyridine rings is 1. The van der Waals surface area contributed by atoms with E-state index in [4.69, 9.17) is 15.5 Å². The quantitative estimate of drug-likeness (QED) is 0.935. The Morgan fingerprint density at radius 2 is 2.30 bits per heavy atom. The number of hydrogen-bond donors (Lipinski definition) is 1. The molecule has 2 aromatic rings. The Hall–Kier alpha value is -1.66. The lowest BCUT2D eigenvalue weighted by Crippen LogP contribution is -2.22. The van der Waals surface area contributed by atoms with Crippen LogP contribution in [0.3, 0.4) is 0 Å². The molecule has 1 aliphatic rings. The summed E-state index contributed by atoms with van der Waals surface area (Å²) < 4.78 is 5.24. The van der Waals surface area contributed by atoms with Crippen molar-refractivity contribution in [2.24, 2.45) is 5.92 Å². The van der Waals surface area contributed by atoms with Gasteiger partial charge in [-0.2, -0.15) is 0 Å². The molecule has 106 valence electrons. The maximum absolute atomic E-state index is 5.68. The van der Waals surface area contributed by atoms with E-state index < -0.39 is 0 Å². The first-order valence-corrected chi connectivity index (χ1v) is 7.56. The van der Waals surface area contributed by atoms with Crippen LogP contribution in [0.5, 0.6) is 0 Å². The van der Waals surface area contributed by atoms with Crippen LogP contribution >= 0.6 is 11.3 Å². The maximum atomic E-state index is 5.68. The Labute approximate surface area is 122 Å². The highest BCUT2D eigenvalue weighted by atomic mass is 32.1. The Bertz CT molecular complexity index is 586. The zero-order valence-electron chi connectivity index (χ0n) is 11.5. The van der Waals surface area contributed by atoms with Gasteiger partial charge in [0.2, 0.25) is 0 Å². The van der Waals surface area contributed by atoms with Crippen LogP contribution in [-0.2, 0) is 4.74 Å². The molecule has 0 radical (unpaired) electrons. The SMILES string of the molecule is COC[C@@H]1CCN(c2cccc(-c3csc(N)n3)n2)C1. The maximum Gasteiger partial charge on any atom is 0.180 e. The number of nitrogens with two attached hydrogens (primary N) is 1. The van der Waals surface area contributed by atoms with E-state index >= 15 is 0 Å². The van der Waals surface area contributed by atoms with E-state index in [-0.39, 0.29) is 0 Å². The summed E-state index contributed by atoms with van der Waals surface area (Å²) in [6, 6.07) is 6.05. The first kappa shape index (κ1) is 13.3. The van der Waals surface area contributed by atoms with Gasteiger partial charge in [-0.25, -0.2) is 9.97 Å². The molecule has 2 aromatic heterocycles. The molecule has 0 amide bonds. The summed E-state index contributed by atoms with van der Waals surface area (Å²) in [7, 11) is 1.76. The van der Waals surface area contributed by atoms with Gasteiger partial charge in [-0.05, 0) is 18.6 Å². The fraction of sp³-hybridized carbons (Fsp3) is 0.429. The summed E-state index contributed by atoms with van der Waals surface area (Å²) in [5.74, 6) is 1.60. The van der Waals surface area contributed by atoms with E-state index in [1.54, 1.807) is 7.11 Å². The van der Waals surface area contributed by atoms with Crippen molar-refractivity contribution in [3.8, 4) is 11.4 Å². The number of nitrogens with zero attached hydrogens (tertiary/aromatic N) is 3. The molecule has 5 nitrogen and oxygen atoms in total. The molecule has 0 saturated carbocycles. The van der Waals surface area contributed by atoms with Crippen LogP contribution in [0, 0.1) is 5.92 Å². The summed E-state index contributed by atoms with van der Waals surface area (Å²) in [6.07, 6.45) is 1.16. The standard InChI is InChI=1S/C14H18N4OS/c1-19-8-10-5-6-18(7-10)13-4-2-3-11(16-13)12-9-20-14(15)17-12/h2-4,9-10H,5-8H2,1H3,(H2,15,17)/t10-/m1/s1. The molecule has 6 heteroatoms. The minimum Gasteiger partial charge on any atom is -0.384 e. The molecule has 0 spiro atoms. The lowest BCUT2D eigenvalue weighted by Gasteiger charge is -2.17. The Morgan fingerprint density at radius 1 is 1.40 bits per heavy atom. The average molecular weight is 290 g/mol. The van der Waals surface area contributed by atoms with Gasteiger partial charge in [0.25, 0.3) is 0 Å². The first-order chi connectivity index (χ1) is 9.76. The third-order valence-corrected chi connectivity index (χ3v) is 4.20. The Morgan fingerprint density at radius 3 is 3.05 bits per heavy atom. The van der Waals surface area contributed by atoms with Crippen LogP contribution in [0.2, 0.25) is 0 Å². The molecular weight excluding hydrogens is 272 g/mol. The van der Waals surface area contributed by atoms with E-state index in [9.17, 15) is 0 Å². The number of anilines is 2. The van der Waals surface area contributed by atoms with Crippen LogP contribution in [0.4, 0.5) is 10.9 Å². The minimum absolute atomic E-state index is 0.577. The highest BCUT2D eigenvalue weighted by Gasteiger charge is 2.23. The molecule has 1 atom stereocenters. The van der Waals surface area contributed by atoms with Gasteiger partial charge in [-0.1, -0.05) is 6.07 Å². The molecule has 1 aliphatic heterocycles. The van der Waals surface area contributed by atoms with E-state index in [1.165, 1.54) is 11.3 Å². The second-order valence-electron chi connectivity index (χ2n) is 5.01. The van der Waals surface area contributed by atoms with Gasteiger partial charge < -0.3 is 15.4 Å². The summed E-state index contributed by atoms with van der Waals surface area (Å²) in [5, 5.41) is 2.52. The van der Waals surface area contributed by atoms with Gasteiger partial charge in [0, 0.05) is 31.5 Å². The predicted molar refractivity (Wildman–Crippen MR) is 82.0 cm³/mol. The van der Waals surface area contributed by atoms with E-state index in [2.05, 4.69) is 16.0 Å². The third kappa shape index (κ3) is 2.76. The van der Waals surface area contributed by atoms with Crippen molar-refractivity contribution in [3.05, 3.63) is 23.6 Å². The van der Waals surface area contributed by atoms with Crippen LogP contribution in [0.1, 0.15) is 6.42 Å². The fourth-order valence-corrected chi connectivity index (χ4v) is 3.12. The number of thiazole rings is 1. The zero-order chi connectivity index (χ0) is 13.9. The van der Waals surface area contributed by atoms with Crippen LogP contribution < -0.4 is 10.6 Å². The smallest absolute Gasteiger partial charge is 0.180 e. The van der Waals surface area contributed by atoms with Crippen LogP contribution in [0.25, 0.3) is 11.4 Å². The number of hydrogen-bond acceptors (Lipinski definition) is 6. The van der Waals surface area contributed by atoms with Gasteiger partial charge >= 0.3 is 0 Å². The molecule has 0 aliphatic carbocycles.